The number of carbonyl (C=O) groups is 4. The number of carbonyl (C=O) groups excluding carboxylic acids is 3. The molecular formula is C32H39N7O6. The summed E-state index contributed by atoms with van der Waals surface area (Å²) in [6.45, 7) is 3.73. The van der Waals surface area contributed by atoms with Crippen LogP contribution in [0.5, 0.6) is 5.75 Å². The molecule has 0 radical (unpaired) electrons. The lowest BCUT2D eigenvalue weighted by atomic mass is 10.0. The maximum Gasteiger partial charge on any atom is 0.326 e. The van der Waals surface area contributed by atoms with Gasteiger partial charge < -0.3 is 41.9 Å². The molecule has 4 rings (SSSR count). The summed E-state index contributed by atoms with van der Waals surface area (Å²) < 4.78 is 0. The summed E-state index contributed by atoms with van der Waals surface area (Å²) in [4.78, 5) is 62.3. The van der Waals surface area contributed by atoms with Gasteiger partial charge in [0.25, 0.3) is 0 Å². The fourth-order valence-corrected chi connectivity index (χ4v) is 5.05. The van der Waals surface area contributed by atoms with E-state index in [4.69, 9.17) is 5.73 Å². The molecular weight excluding hydrogens is 578 g/mol. The van der Waals surface area contributed by atoms with Crippen LogP contribution in [0.3, 0.4) is 0 Å². The van der Waals surface area contributed by atoms with Crippen LogP contribution in [0.2, 0.25) is 0 Å². The number of benzene rings is 2. The van der Waals surface area contributed by atoms with Crippen LogP contribution in [-0.4, -0.2) is 73.0 Å². The first-order chi connectivity index (χ1) is 21.5. The fourth-order valence-electron chi connectivity index (χ4n) is 5.05. The van der Waals surface area contributed by atoms with Crippen molar-refractivity contribution in [3.8, 4) is 5.75 Å². The standard InChI is InChI=1S/C32H39N7O6/c1-18(2)11-26(30(42)39-28(32(44)45)12-19-7-9-22(40)10-8-19)38-31(43)27(14-21-16-34-17-36-21)37-29(41)24(33)13-20-15-35-25-6-4-3-5-23(20)25/h3-10,15-18,24,26-28,35,40H,11-14,33H2,1-2H3,(H,34,36)(H,37,41)(H,38,43)(H,39,42)(H,44,45). The van der Waals surface area contributed by atoms with Crippen LogP contribution in [0.25, 0.3) is 10.9 Å². The summed E-state index contributed by atoms with van der Waals surface area (Å²) in [6.07, 6.45) is 5.23. The number of carboxylic acids is 1. The van der Waals surface area contributed by atoms with Gasteiger partial charge in [0.15, 0.2) is 0 Å². The number of phenols is 1. The second-order valence-electron chi connectivity index (χ2n) is 11.5. The van der Waals surface area contributed by atoms with E-state index in [9.17, 15) is 29.4 Å². The second kappa shape index (κ2) is 15.0. The Hall–Kier alpha value is -5.17. The maximum absolute atomic E-state index is 13.6. The highest BCUT2D eigenvalue weighted by atomic mass is 16.4. The van der Waals surface area contributed by atoms with Crippen molar-refractivity contribution in [3.63, 3.8) is 0 Å². The zero-order chi connectivity index (χ0) is 32.5. The number of aliphatic carboxylic acids is 1. The van der Waals surface area contributed by atoms with Gasteiger partial charge in [0, 0.05) is 41.8 Å². The SMILES string of the molecule is CC(C)CC(NC(=O)C(Cc1cnc[nH]1)NC(=O)C(N)Cc1c[nH]c2ccccc12)C(=O)NC(Cc1ccc(O)cc1)C(=O)O. The number of fused-ring (bicyclic) bond motifs is 1. The van der Waals surface area contributed by atoms with Crippen molar-refractivity contribution in [1.82, 2.24) is 30.9 Å². The number of H-pyrrole nitrogens is 2. The molecule has 238 valence electrons. The van der Waals surface area contributed by atoms with Gasteiger partial charge in [-0.25, -0.2) is 9.78 Å². The molecule has 45 heavy (non-hydrogen) atoms. The Morgan fingerprint density at radius 1 is 0.844 bits per heavy atom. The van der Waals surface area contributed by atoms with Crippen molar-refractivity contribution < 1.29 is 29.4 Å². The van der Waals surface area contributed by atoms with E-state index in [1.54, 1.807) is 18.3 Å². The van der Waals surface area contributed by atoms with E-state index in [2.05, 4.69) is 30.9 Å². The van der Waals surface area contributed by atoms with Crippen LogP contribution >= 0.6 is 0 Å². The molecule has 0 fully saturated rings. The van der Waals surface area contributed by atoms with E-state index in [0.717, 1.165) is 16.5 Å². The predicted octanol–water partition coefficient (Wildman–Crippen LogP) is 1.54. The molecule has 0 aliphatic rings. The van der Waals surface area contributed by atoms with Gasteiger partial charge in [0.1, 0.15) is 23.9 Å². The third kappa shape index (κ3) is 9.16. The maximum atomic E-state index is 13.6. The van der Waals surface area contributed by atoms with Gasteiger partial charge in [0.2, 0.25) is 17.7 Å². The number of nitrogens with two attached hydrogens (primary N) is 1. The molecule has 4 aromatic rings. The molecule has 0 saturated carbocycles. The summed E-state index contributed by atoms with van der Waals surface area (Å²) >= 11 is 0. The van der Waals surface area contributed by atoms with E-state index in [1.807, 2.05) is 38.1 Å². The Labute approximate surface area is 260 Å². The lowest BCUT2D eigenvalue weighted by Gasteiger charge is -2.26. The van der Waals surface area contributed by atoms with Crippen molar-refractivity contribution in [2.45, 2.75) is 63.7 Å². The van der Waals surface area contributed by atoms with Gasteiger partial charge in [0.05, 0.1) is 12.4 Å². The van der Waals surface area contributed by atoms with E-state index in [-0.39, 0.29) is 37.4 Å². The highest BCUT2D eigenvalue weighted by Gasteiger charge is 2.31. The number of hydrogen-bond acceptors (Lipinski definition) is 7. The number of aromatic nitrogens is 3. The van der Waals surface area contributed by atoms with Gasteiger partial charge in [-0.2, -0.15) is 0 Å². The molecule has 0 spiro atoms. The molecule has 13 nitrogen and oxygen atoms in total. The minimum absolute atomic E-state index is 0.0312. The summed E-state index contributed by atoms with van der Waals surface area (Å²) in [5.74, 6) is -3.12. The average molecular weight is 618 g/mol. The molecule has 9 N–H and O–H groups in total. The number of imidazole rings is 1. The van der Waals surface area contributed by atoms with E-state index in [0.29, 0.717) is 11.3 Å². The number of phenolic OH excluding ortho intramolecular Hbond substituents is 1. The predicted molar refractivity (Wildman–Crippen MR) is 167 cm³/mol. The minimum Gasteiger partial charge on any atom is -0.508 e. The Morgan fingerprint density at radius 3 is 2.18 bits per heavy atom. The first kappa shape index (κ1) is 32.7. The van der Waals surface area contributed by atoms with E-state index in [1.165, 1.54) is 24.7 Å². The summed E-state index contributed by atoms with van der Waals surface area (Å²) in [5, 5.41) is 28.2. The largest absolute Gasteiger partial charge is 0.508 e. The molecule has 0 bridgehead atoms. The second-order valence-corrected chi connectivity index (χ2v) is 11.5. The lowest BCUT2D eigenvalue weighted by molar-refractivity contribution is -0.142. The Balaban J connectivity index is 1.47. The number of nitrogens with one attached hydrogen (secondary N) is 5. The number of hydrogen-bond donors (Lipinski definition) is 8. The molecule has 3 amide bonds. The highest BCUT2D eigenvalue weighted by Crippen LogP contribution is 2.19. The fraction of sp³-hybridized carbons (Fsp3) is 0.344. The molecule has 2 aromatic heterocycles. The van der Waals surface area contributed by atoms with Crippen LogP contribution in [0, 0.1) is 5.92 Å². The molecule has 4 atom stereocenters. The summed E-state index contributed by atoms with van der Waals surface area (Å²) in [5.41, 5.74) is 9.22. The van der Waals surface area contributed by atoms with Gasteiger partial charge in [-0.3, -0.25) is 14.4 Å². The summed E-state index contributed by atoms with van der Waals surface area (Å²) in [7, 11) is 0. The molecule has 0 aliphatic carbocycles. The number of aromatic hydroxyl groups is 1. The first-order valence-electron chi connectivity index (χ1n) is 14.7. The van der Waals surface area contributed by atoms with Crippen LogP contribution in [0.4, 0.5) is 0 Å². The minimum atomic E-state index is -1.28. The van der Waals surface area contributed by atoms with Crippen LogP contribution in [-0.2, 0) is 38.4 Å². The van der Waals surface area contributed by atoms with Crippen LogP contribution in [0.15, 0.2) is 67.3 Å². The number of carboxylic acid groups (broad SMARTS) is 1. The number of nitrogens with zero attached hydrogens (tertiary/aromatic N) is 1. The third-order valence-corrected chi connectivity index (χ3v) is 7.39. The Bertz CT molecular complexity index is 1600. The lowest BCUT2D eigenvalue weighted by Crippen LogP contribution is -2.58. The first-order valence-corrected chi connectivity index (χ1v) is 14.7. The molecule has 2 heterocycles. The molecule has 4 unspecified atom stereocenters. The van der Waals surface area contributed by atoms with Crippen molar-refractivity contribution in [2.24, 2.45) is 11.7 Å². The van der Waals surface area contributed by atoms with Crippen molar-refractivity contribution in [2.75, 3.05) is 0 Å². The quantitative estimate of drug-likeness (QED) is 0.0977. The molecule has 0 saturated heterocycles. The van der Waals surface area contributed by atoms with Crippen LogP contribution < -0.4 is 21.7 Å². The zero-order valence-corrected chi connectivity index (χ0v) is 25.1. The summed E-state index contributed by atoms with van der Waals surface area (Å²) in [6, 6.07) is 9.20. The van der Waals surface area contributed by atoms with Gasteiger partial charge in [-0.15, -0.1) is 0 Å². The zero-order valence-electron chi connectivity index (χ0n) is 25.1. The number of amides is 3. The average Bonchev–Trinajstić information content (AvgIpc) is 3.67. The Kier molecular flexibility index (Phi) is 10.9. The topological polar surface area (TPSA) is 215 Å². The van der Waals surface area contributed by atoms with Crippen molar-refractivity contribution >= 4 is 34.6 Å². The monoisotopic (exact) mass is 617 g/mol. The number of rotatable bonds is 15. The third-order valence-electron chi connectivity index (χ3n) is 7.39. The molecule has 13 heteroatoms. The van der Waals surface area contributed by atoms with Gasteiger partial charge in [-0.05, 0) is 48.1 Å². The van der Waals surface area contributed by atoms with Crippen molar-refractivity contribution in [3.05, 3.63) is 84.1 Å². The number of para-hydroxylation sites is 1. The van der Waals surface area contributed by atoms with Gasteiger partial charge in [-0.1, -0.05) is 44.2 Å². The Morgan fingerprint density at radius 2 is 1.51 bits per heavy atom. The molecule has 2 aromatic carbocycles. The van der Waals surface area contributed by atoms with E-state index < -0.39 is 47.9 Å². The number of aromatic amines is 2. The smallest absolute Gasteiger partial charge is 0.326 e. The molecule has 0 aliphatic heterocycles. The normalized spacial score (nSPS) is 14.0. The van der Waals surface area contributed by atoms with Gasteiger partial charge >= 0.3 is 5.97 Å². The van der Waals surface area contributed by atoms with E-state index >= 15 is 0 Å². The van der Waals surface area contributed by atoms with Crippen molar-refractivity contribution in [1.29, 1.82) is 0 Å². The van der Waals surface area contributed by atoms with Crippen LogP contribution in [0.1, 0.15) is 37.1 Å². The highest BCUT2D eigenvalue weighted by molar-refractivity contribution is 5.94.